The van der Waals surface area contributed by atoms with E-state index in [2.05, 4.69) is 45.9 Å². The second-order valence-corrected chi connectivity index (χ2v) is 4.59. The van der Waals surface area contributed by atoms with Crippen LogP contribution < -0.4 is 0 Å². The Hall–Kier alpha value is -1.11. The molecule has 0 bridgehead atoms. The Bertz CT molecular complexity index is 326. The molecule has 0 N–H and O–H groups in total. The fourth-order valence-corrected chi connectivity index (χ4v) is 2.04. The third kappa shape index (κ3) is 2.52. The van der Waals surface area contributed by atoms with E-state index in [-0.39, 0.29) is 0 Å². The van der Waals surface area contributed by atoms with Crippen molar-refractivity contribution >= 4 is 6.29 Å². The van der Waals surface area contributed by atoms with Crippen LogP contribution in [0.5, 0.6) is 0 Å². The van der Waals surface area contributed by atoms with E-state index in [9.17, 15) is 4.79 Å². The maximum absolute atomic E-state index is 11.3. The summed E-state index contributed by atoms with van der Waals surface area (Å²) in [6.07, 6.45) is 3.18. The molecule has 0 heterocycles. The molecule has 0 unspecified atom stereocenters. The fraction of sp³-hybridized carbons (Fsp3) is 0.533. The lowest BCUT2D eigenvalue weighted by Crippen LogP contribution is -2.04. The molecule has 0 saturated heterocycles. The summed E-state index contributed by atoms with van der Waals surface area (Å²) < 4.78 is 0. The molecule has 1 nitrogen and oxygen atoms in total. The molecule has 0 aliphatic rings. The predicted octanol–water partition coefficient (Wildman–Crippen LogP) is 4.53. The monoisotopic (exact) mass is 218 g/mol. The fourth-order valence-electron chi connectivity index (χ4n) is 2.04. The van der Waals surface area contributed by atoms with Crippen molar-refractivity contribution in [1.29, 1.82) is 0 Å². The second-order valence-electron chi connectivity index (χ2n) is 4.59. The van der Waals surface area contributed by atoms with Crippen LogP contribution in [-0.2, 0) is 0 Å². The van der Waals surface area contributed by atoms with Crippen LogP contribution in [0.4, 0.5) is 0 Å². The highest BCUT2D eigenvalue weighted by molar-refractivity contribution is 5.80. The van der Waals surface area contributed by atoms with Gasteiger partial charge in [-0.15, -0.1) is 0 Å². The third-order valence-corrected chi connectivity index (χ3v) is 3.58. The predicted molar refractivity (Wildman–Crippen MR) is 69.2 cm³/mol. The van der Waals surface area contributed by atoms with Crippen LogP contribution in [0, 0.1) is 0 Å². The van der Waals surface area contributed by atoms with E-state index >= 15 is 0 Å². The van der Waals surface area contributed by atoms with Gasteiger partial charge in [-0.2, -0.15) is 0 Å². The zero-order valence-electron chi connectivity index (χ0n) is 10.8. The number of rotatable bonds is 5. The van der Waals surface area contributed by atoms with Crippen LogP contribution in [-0.4, -0.2) is 6.29 Å². The van der Waals surface area contributed by atoms with E-state index in [1.54, 1.807) is 0 Å². The third-order valence-electron chi connectivity index (χ3n) is 3.58. The zero-order chi connectivity index (χ0) is 12.1. The Morgan fingerprint density at radius 2 is 1.50 bits per heavy atom. The summed E-state index contributed by atoms with van der Waals surface area (Å²) in [6.45, 7) is 8.69. The molecule has 1 aromatic carbocycles. The first-order valence-electron chi connectivity index (χ1n) is 6.23. The molecule has 0 aromatic heterocycles. The number of hydrogen-bond donors (Lipinski definition) is 0. The molecule has 1 aromatic rings. The number of aldehydes is 1. The molecular formula is C15H22O. The van der Waals surface area contributed by atoms with E-state index in [1.807, 2.05) is 0 Å². The van der Waals surface area contributed by atoms with Gasteiger partial charge in [0.15, 0.2) is 6.29 Å². The molecular weight excluding hydrogens is 196 g/mol. The molecule has 16 heavy (non-hydrogen) atoms. The largest absolute Gasteiger partial charge is 0.298 e. The maximum Gasteiger partial charge on any atom is 0.150 e. The Morgan fingerprint density at radius 3 is 1.81 bits per heavy atom. The van der Waals surface area contributed by atoms with Gasteiger partial charge in [0, 0.05) is 5.56 Å². The summed E-state index contributed by atoms with van der Waals surface area (Å²) in [4.78, 5) is 11.3. The highest BCUT2D eigenvalue weighted by atomic mass is 16.1. The topological polar surface area (TPSA) is 17.1 Å². The van der Waals surface area contributed by atoms with E-state index in [1.165, 1.54) is 11.1 Å². The summed E-state index contributed by atoms with van der Waals surface area (Å²) in [5, 5.41) is 0. The van der Waals surface area contributed by atoms with Gasteiger partial charge in [0.05, 0.1) is 0 Å². The molecule has 88 valence electrons. The van der Waals surface area contributed by atoms with Crippen molar-refractivity contribution in [3.05, 3.63) is 34.9 Å². The summed E-state index contributed by atoms with van der Waals surface area (Å²) in [6, 6.07) is 6.25. The quantitative estimate of drug-likeness (QED) is 0.664. The Balaban J connectivity index is 3.25. The maximum atomic E-state index is 11.3. The van der Waals surface area contributed by atoms with Crippen LogP contribution in [0.1, 0.15) is 73.9 Å². The lowest BCUT2D eigenvalue weighted by molar-refractivity contribution is 0.112. The summed E-state index contributed by atoms with van der Waals surface area (Å²) in [7, 11) is 0. The van der Waals surface area contributed by atoms with Crippen molar-refractivity contribution in [2.45, 2.75) is 52.4 Å². The Labute approximate surface area is 98.9 Å². The lowest BCUT2D eigenvalue weighted by atomic mass is 9.86. The first-order chi connectivity index (χ1) is 7.65. The zero-order valence-corrected chi connectivity index (χ0v) is 10.8. The average molecular weight is 218 g/mol. The normalized spacial score (nSPS) is 14.5. The highest BCUT2D eigenvalue weighted by Crippen LogP contribution is 2.29. The number of benzene rings is 1. The van der Waals surface area contributed by atoms with Crippen LogP contribution >= 0.6 is 0 Å². The van der Waals surface area contributed by atoms with Crippen LogP contribution in [0.3, 0.4) is 0 Å². The molecule has 0 aliphatic carbocycles. The van der Waals surface area contributed by atoms with E-state index < -0.39 is 0 Å². The van der Waals surface area contributed by atoms with Gasteiger partial charge in [-0.1, -0.05) is 45.9 Å². The molecule has 0 fully saturated rings. The number of carbonyl (C=O) groups excluding carboxylic acids is 1. The van der Waals surface area contributed by atoms with E-state index in [4.69, 9.17) is 0 Å². The molecule has 1 rings (SSSR count). The van der Waals surface area contributed by atoms with Crippen molar-refractivity contribution in [3.63, 3.8) is 0 Å². The van der Waals surface area contributed by atoms with Crippen molar-refractivity contribution in [2.24, 2.45) is 0 Å². The van der Waals surface area contributed by atoms with E-state index in [0.29, 0.717) is 11.8 Å². The molecule has 0 radical (unpaired) electrons. The van der Waals surface area contributed by atoms with Gasteiger partial charge in [-0.3, -0.25) is 4.79 Å². The highest BCUT2D eigenvalue weighted by Gasteiger charge is 2.15. The number of hydrogen-bond acceptors (Lipinski definition) is 1. The van der Waals surface area contributed by atoms with Gasteiger partial charge in [-0.25, -0.2) is 0 Å². The molecule has 0 spiro atoms. The molecule has 0 saturated carbocycles. The average Bonchev–Trinajstić information content (AvgIpc) is 2.35. The SMILES string of the molecule is CC[C@H](C)c1cccc([C@@H](C)CC)c1C=O. The summed E-state index contributed by atoms with van der Waals surface area (Å²) >= 11 is 0. The van der Waals surface area contributed by atoms with Gasteiger partial charge >= 0.3 is 0 Å². The van der Waals surface area contributed by atoms with Crippen molar-refractivity contribution in [3.8, 4) is 0 Å². The molecule has 0 aliphatic heterocycles. The molecule has 0 amide bonds. The minimum atomic E-state index is 0.462. The van der Waals surface area contributed by atoms with Crippen molar-refractivity contribution in [2.75, 3.05) is 0 Å². The Morgan fingerprint density at radius 1 is 1.06 bits per heavy atom. The van der Waals surface area contributed by atoms with E-state index in [0.717, 1.165) is 24.7 Å². The summed E-state index contributed by atoms with van der Waals surface area (Å²) in [5.74, 6) is 0.924. The minimum absolute atomic E-state index is 0.462. The van der Waals surface area contributed by atoms with Gasteiger partial charge in [0.25, 0.3) is 0 Å². The number of carbonyl (C=O) groups is 1. The van der Waals surface area contributed by atoms with Crippen molar-refractivity contribution < 1.29 is 4.79 Å². The lowest BCUT2D eigenvalue weighted by Gasteiger charge is -2.18. The summed E-state index contributed by atoms with van der Waals surface area (Å²) in [5.41, 5.74) is 3.33. The van der Waals surface area contributed by atoms with Gasteiger partial charge in [-0.05, 0) is 35.8 Å². The van der Waals surface area contributed by atoms with Crippen LogP contribution in [0.25, 0.3) is 0 Å². The first kappa shape index (κ1) is 13.0. The van der Waals surface area contributed by atoms with Gasteiger partial charge in [0.2, 0.25) is 0 Å². The van der Waals surface area contributed by atoms with Crippen LogP contribution in [0.15, 0.2) is 18.2 Å². The van der Waals surface area contributed by atoms with Gasteiger partial charge < -0.3 is 0 Å². The smallest absolute Gasteiger partial charge is 0.150 e. The molecule has 2 atom stereocenters. The standard InChI is InChI=1S/C15H22O/c1-5-11(3)13-8-7-9-14(12(4)6-2)15(13)10-16/h7-12H,5-6H2,1-4H3/t11-,12-/m0/s1. The van der Waals surface area contributed by atoms with Gasteiger partial charge in [0.1, 0.15) is 0 Å². The minimum Gasteiger partial charge on any atom is -0.298 e. The Kier molecular flexibility index (Phi) is 4.72. The second kappa shape index (κ2) is 5.83. The van der Waals surface area contributed by atoms with Crippen LogP contribution in [0.2, 0.25) is 0 Å². The van der Waals surface area contributed by atoms with Crippen molar-refractivity contribution in [1.82, 2.24) is 0 Å². The first-order valence-corrected chi connectivity index (χ1v) is 6.23. The molecule has 1 heteroatoms.